The van der Waals surface area contributed by atoms with E-state index in [0.717, 1.165) is 51.4 Å². The summed E-state index contributed by atoms with van der Waals surface area (Å²) in [5.41, 5.74) is 0. The summed E-state index contributed by atoms with van der Waals surface area (Å²) in [6.45, 7) is 6.53. The fraction of sp³-hybridized carbons (Fsp3) is 0.955. The van der Waals surface area contributed by atoms with Crippen LogP contribution in [-0.2, 0) is 4.79 Å². The van der Waals surface area contributed by atoms with Gasteiger partial charge in [0.2, 0.25) is 5.91 Å². The third kappa shape index (κ3) is 15.4. The lowest BCUT2D eigenvalue weighted by molar-refractivity contribution is -0.122. The maximum absolute atomic E-state index is 12.1. The zero-order valence-corrected chi connectivity index (χ0v) is 17.3. The Morgan fingerprint density at radius 1 is 0.720 bits per heavy atom. The minimum Gasteiger partial charge on any atom is -0.391 e. The summed E-state index contributed by atoms with van der Waals surface area (Å²) in [6, 6.07) is -0.0621. The maximum atomic E-state index is 12.1. The van der Waals surface area contributed by atoms with E-state index in [4.69, 9.17) is 0 Å². The van der Waals surface area contributed by atoms with Crippen LogP contribution in [0.2, 0.25) is 0 Å². The van der Waals surface area contributed by atoms with Crippen molar-refractivity contribution in [2.45, 2.75) is 136 Å². The summed E-state index contributed by atoms with van der Waals surface area (Å²) < 4.78 is 0. The number of aliphatic hydroxyl groups is 1. The topological polar surface area (TPSA) is 49.3 Å². The Bertz CT molecular complexity index is 294. The normalized spacial score (nSPS) is 13.6. The fourth-order valence-electron chi connectivity index (χ4n) is 3.35. The molecule has 0 spiro atoms. The molecular formula is C22H45NO2. The zero-order chi connectivity index (χ0) is 18.8. The van der Waals surface area contributed by atoms with Gasteiger partial charge in [-0.2, -0.15) is 0 Å². The molecule has 2 atom stereocenters. The van der Waals surface area contributed by atoms with Crippen LogP contribution in [0.5, 0.6) is 0 Å². The van der Waals surface area contributed by atoms with Gasteiger partial charge >= 0.3 is 0 Å². The number of carbonyl (C=O) groups is 1. The molecule has 0 radical (unpaired) electrons. The van der Waals surface area contributed by atoms with Crippen LogP contribution in [0.15, 0.2) is 0 Å². The first-order chi connectivity index (χ1) is 12.2. The highest BCUT2D eigenvalue weighted by molar-refractivity contribution is 5.76. The molecule has 0 aromatic heterocycles. The number of amides is 1. The number of aliphatic hydroxyl groups excluding tert-OH is 1. The molecule has 3 heteroatoms. The van der Waals surface area contributed by atoms with Crippen molar-refractivity contribution in [2.75, 3.05) is 0 Å². The standard InChI is InChI=1S/C22H45NO2/c1-4-7-9-10-11-12-13-14-16-19-22(25)23-20(17-6-3)21(24)18-15-8-5-2/h20-21,24H,4-19H2,1-3H3,(H,23,25). The van der Waals surface area contributed by atoms with Crippen molar-refractivity contribution in [1.29, 1.82) is 0 Å². The highest BCUT2D eigenvalue weighted by Gasteiger charge is 2.19. The van der Waals surface area contributed by atoms with Crippen LogP contribution < -0.4 is 5.32 Å². The molecule has 0 bridgehead atoms. The van der Waals surface area contributed by atoms with E-state index in [1.807, 2.05) is 0 Å². The predicted octanol–water partition coefficient (Wildman–Crippen LogP) is 6.13. The number of hydrogen-bond acceptors (Lipinski definition) is 2. The van der Waals surface area contributed by atoms with E-state index in [9.17, 15) is 9.90 Å². The fourth-order valence-corrected chi connectivity index (χ4v) is 3.35. The van der Waals surface area contributed by atoms with Crippen LogP contribution in [0.1, 0.15) is 124 Å². The summed E-state index contributed by atoms with van der Waals surface area (Å²) >= 11 is 0. The summed E-state index contributed by atoms with van der Waals surface area (Å²) in [4.78, 5) is 12.1. The van der Waals surface area contributed by atoms with E-state index < -0.39 is 6.10 Å². The van der Waals surface area contributed by atoms with Crippen LogP contribution in [0, 0.1) is 0 Å². The second-order valence-corrected chi connectivity index (χ2v) is 7.60. The number of nitrogens with one attached hydrogen (secondary N) is 1. The molecule has 1 amide bonds. The zero-order valence-electron chi connectivity index (χ0n) is 17.3. The van der Waals surface area contributed by atoms with Crippen molar-refractivity contribution in [3.63, 3.8) is 0 Å². The molecule has 0 aliphatic heterocycles. The monoisotopic (exact) mass is 355 g/mol. The van der Waals surface area contributed by atoms with Gasteiger partial charge in [-0.05, 0) is 19.3 Å². The minimum atomic E-state index is -0.390. The first kappa shape index (κ1) is 24.4. The molecule has 2 unspecified atom stereocenters. The third-order valence-electron chi connectivity index (χ3n) is 5.02. The van der Waals surface area contributed by atoms with Gasteiger partial charge in [0.05, 0.1) is 12.1 Å². The highest BCUT2D eigenvalue weighted by Crippen LogP contribution is 2.13. The Labute approximate surface area is 157 Å². The van der Waals surface area contributed by atoms with E-state index >= 15 is 0 Å². The summed E-state index contributed by atoms with van der Waals surface area (Å²) in [6.07, 6.45) is 17.7. The van der Waals surface area contributed by atoms with Gasteiger partial charge < -0.3 is 10.4 Å². The molecule has 0 saturated carbocycles. The molecule has 0 aromatic rings. The Kier molecular flexibility index (Phi) is 17.8. The van der Waals surface area contributed by atoms with Crippen molar-refractivity contribution < 1.29 is 9.90 Å². The van der Waals surface area contributed by atoms with Crippen LogP contribution in [-0.4, -0.2) is 23.2 Å². The van der Waals surface area contributed by atoms with E-state index in [2.05, 4.69) is 26.1 Å². The van der Waals surface area contributed by atoms with Crippen LogP contribution >= 0.6 is 0 Å². The lowest BCUT2D eigenvalue weighted by Crippen LogP contribution is -2.43. The maximum Gasteiger partial charge on any atom is 0.220 e. The second-order valence-electron chi connectivity index (χ2n) is 7.60. The van der Waals surface area contributed by atoms with Gasteiger partial charge in [0, 0.05) is 6.42 Å². The first-order valence-corrected chi connectivity index (χ1v) is 11.1. The Morgan fingerprint density at radius 2 is 1.24 bits per heavy atom. The van der Waals surface area contributed by atoms with Gasteiger partial charge in [-0.25, -0.2) is 0 Å². The molecule has 0 fully saturated rings. The second kappa shape index (κ2) is 18.2. The van der Waals surface area contributed by atoms with Crippen LogP contribution in [0.4, 0.5) is 0 Å². The van der Waals surface area contributed by atoms with E-state index in [1.54, 1.807) is 0 Å². The molecule has 0 aliphatic carbocycles. The Hall–Kier alpha value is -0.570. The molecule has 150 valence electrons. The smallest absolute Gasteiger partial charge is 0.220 e. The molecule has 25 heavy (non-hydrogen) atoms. The van der Waals surface area contributed by atoms with Crippen molar-refractivity contribution in [3.05, 3.63) is 0 Å². The van der Waals surface area contributed by atoms with Crippen molar-refractivity contribution in [1.82, 2.24) is 5.32 Å². The quantitative estimate of drug-likeness (QED) is 0.290. The van der Waals surface area contributed by atoms with Crippen molar-refractivity contribution >= 4 is 5.91 Å². The average Bonchev–Trinajstić information content (AvgIpc) is 2.60. The van der Waals surface area contributed by atoms with Gasteiger partial charge in [-0.1, -0.05) is 97.8 Å². The molecule has 0 aliphatic rings. The predicted molar refractivity (Wildman–Crippen MR) is 109 cm³/mol. The molecule has 0 rings (SSSR count). The van der Waals surface area contributed by atoms with Crippen LogP contribution in [0.25, 0.3) is 0 Å². The minimum absolute atomic E-state index is 0.0621. The van der Waals surface area contributed by atoms with E-state index in [0.29, 0.717) is 6.42 Å². The van der Waals surface area contributed by atoms with E-state index in [1.165, 1.54) is 44.9 Å². The Morgan fingerprint density at radius 3 is 1.80 bits per heavy atom. The van der Waals surface area contributed by atoms with Crippen molar-refractivity contribution in [2.24, 2.45) is 0 Å². The summed E-state index contributed by atoms with van der Waals surface area (Å²) in [7, 11) is 0. The SMILES string of the molecule is CCCCCCCCCCCC(=O)NC(CCC)C(O)CCCCC. The van der Waals surface area contributed by atoms with Gasteiger partial charge in [0.25, 0.3) is 0 Å². The van der Waals surface area contributed by atoms with Crippen LogP contribution in [0.3, 0.4) is 0 Å². The first-order valence-electron chi connectivity index (χ1n) is 11.1. The summed E-state index contributed by atoms with van der Waals surface area (Å²) in [5, 5.41) is 13.4. The third-order valence-corrected chi connectivity index (χ3v) is 5.02. The molecule has 0 saturated heterocycles. The summed E-state index contributed by atoms with van der Waals surface area (Å²) in [5.74, 6) is 0.121. The van der Waals surface area contributed by atoms with Crippen molar-refractivity contribution in [3.8, 4) is 0 Å². The Balaban J connectivity index is 3.77. The van der Waals surface area contributed by atoms with Gasteiger partial charge in [-0.3, -0.25) is 4.79 Å². The largest absolute Gasteiger partial charge is 0.391 e. The molecule has 2 N–H and O–H groups in total. The number of hydrogen-bond donors (Lipinski definition) is 2. The molecule has 0 aromatic carbocycles. The lowest BCUT2D eigenvalue weighted by Gasteiger charge is -2.24. The molecule has 3 nitrogen and oxygen atoms in total. The van der Waals surface area contributed by atoms with E-state index in [-0.39, 0.29) is 11.9 Å². The van der Waals surface area contributed by atoms with Gasteiger partial charge in [-0.15, -0.1) is 0 Å². The number of rotatable bonds is 18. The number of carbonyl (C=O) groups excluding carboxylic acids is 1. The van der Waals surface area contributed by atoms with Gasteiger partial charge in [0.15, 0.2) is 0 Å². The van der Waals surface area contributed by atoms with Gasteiger partial charge in [0.1, 0.15) is 0 Å². The average molecular weight is 356 g/mol. The highest BCUT2D eigenvalue weighted by atomic mass is 16.3. The number of unbranched alkanes of at least 4 members (excludes halogenated alkanes) is 10. The molecular weight excluding hydrogens is 310 g/mol. The molecule has 0 heterocycles. The lowest BCUT2D eigenvalue weighted by atomic mass is 9.99.